The summed E-state index contributed by atoms with van der Waals surface area (Å²) in [6.07, 6.45) is -0.977. The summed E-state index contributed by atoms with van der Waals surface area (Å²) in [6.45, 7) is 8.48. The Morgan fingerprint density at radius 3 is 1.32 bits per heavy atom. The summed E-state index contributed by atoms with van der Waals surface area (Å²) in [6, 6.07) is 15.4. The lowest BCUT2D eigenvalue weighted by Gasteiger charge is -2.20. The van der Waals surface area contributed by atoms with E-state index in [1.54, 1.807) is 0 Å². The van der Waals surface area contributed by atoms with E-state index in [2.05, 4.69) is 27.7 Å². The Labute approximate surface area is 132 Å². The molecule has 0 bridgehead atoms. The van der Waals surface area contributed by atoms with Crippen LogP contribution in [0.3, 0.4) is 0 Å². The summed E-state index contributed by atoms with van der Waals surface area (Å²) in [7, 11) is 0. The first kappa shape index (κ1) is 16.1. The van der Waals surface area contributed by atoms with Gasteiger partial charge >= 0.3 is 6.09 Å². The van der Waals surface area contributed by atoms with Crippen LogP contribution in [-0.2, 0) is 0 Å². The third-order valence-electron chi connectivity index (χ3n) is 3.83. The zero-order chi connectivity index (χ0) is 16.3. The van der Waals surface area contributed by atoms with E-state index in [1.807, 2.05) is 48.5 Å². The maximum Gasteiger partial charge on any atom is 0.416 e. The highest BCUT2D eigenvalue weighted by molar-refractivity contribution is 5.94. The minimum atomic E-state index is -0.977. The van der Waals surface area contributed by atoms with Crippen molar-refractivity contribution in [1.29, 1.82) is 0 Å². The molecule has 0 atom stereocenters. The molecule has 1 N–H and O–H groups in total. The molecule has 2 aromatic rings. The lowest BCUT2D eigenvalue weighted by atomic mass is 10.0. The van der Waals surface area contributed by atoms with Crippen molar-refractivity contribution in [2.75, 3.05) is 4.90 Å². The number of amides is 1. The molecule has 22 heavy (non-hydrogen) atoms. The molecule has 0 radical (unpaired) electrons. The van der Waals surface area contributed by atoms with Crippen LogP contribution in [0.15, 0.2) is 48.5 Å². The maximum atomic E-state index is 11.7. The number of hydrogen-bond donors (Lipinski definition) is 1. The van der Waals surface area contributed by atoms with E-state index in [0.29, 0.717) is 23.2 Å². The highest BCUT2D eigenvalue weighted by Crippen LogP contribution is 2.28. The van der Waals surface area contributed by atoms with Crippen LogP contribution in [0.2, 0.25) is 0 Å². The van der Waals surface area contributed by atoms with Crippen LogP contribution in [0.1, 0.15) is 50.7 Å². The molecular formula is C19H23NO2. The zero-order valence-corrected chi connectivity index (χ0v) is 13.6. The lowest BCUT2D eigenvalue weighted by molar-refractivity contribution is 0.205. The molecule has 0 aromatic heterocycles. The highest BCUT2D eigenvalue weighted by atomic mass is 16.4. The van der Waals surface area contributed by atoms with Crippen LogP contribution in [-0.4, -0.2) is 11.2 Å². The maximum absolute atomic E-state index is 11.7. The fourth-order valence-electron chi connectivity index (χ4n) is 2.39. The van der Waals surface area contributed by atoms with Gasteiger partial charge in [-0.25, -0.2) is 9.69 Å². The molecule has 0 heterocycles. The first-order valence-electron chi connectivity index (χ1n) is 7.63. The van der Waals surface area contributed by atoms with Gasteiger partial charge in [-0.05, 0) is 47.2 Å². The number of benzene rings is 2. The number of carbonyl (C=O) groups is 1. The lowest BCUT2D eigenvalue weighted by Crippen LogP contribution is -2.23. The van der Waals surface area contributed by atoms with Crippen LogP contribution in [0.25, 0.3) is 0 Å². The predicted octanol–water partition coefficient (Wildman–Crippen LogP) is 5.75. The topological polar surface area (TPSA) is 40.5 Å². The summed E-state index contributed by atoms with van der Waals surface area (Å²) in [5.74, 6) is 0.857. The third kappa shape index (κ3) is 3.48. The van der Waals surface area contributed by atoms with E-state index in [9.17, 15) is 9.90 Å². The molecule has 3 nitrogen and oxygen atoms in total. The summed E-state index contributed by atoms with van der Waals surface area (Å²) in [5, 5.41) is 9.56. The van der Waals surface area contributed by atoms with Crippen molar-refractivity contribution in [1.82, 2.24) is 0 Å². The Hall–Kier alpha value is -2.29. The van der Waals surface area contributed by atoms with Gasteiger partial charge in [0.15, 0.2) is 0 Å². The summed E-state index contributed by atoms with van der Waals surface area (Å²) in [5.41, 5.74) is 3.72. The Balaban J connectivity index is 2.35. The van der Waals surface area contributed by atoms with Gasteiger partial charge in [0.25, 0.3) is 0 Å². The van der Waals surface area contributed by atoms with E-state index < -0.39 is 6.09 Å². The van der Waals surface area contributed by atoms with Crippen LogP contribution >= 0.6 is 0 Å². The van der Waals surface area contributed by atoms with Crippen LogP contribution < -0.4 is 4.90 Å². The van der Waals surface area contributed by atoms with Crippen molar-refractivity contribution in [3.63, 3.8) is 0 Å². The molecule has 0 saturated heterocycles. The molecule has 1 amide bonds. The molecule has 2 aromatic carbocycles. The van der Waals surface area contributed by atoms with Gasteiger partial charge in [-0.2, -0.15) is 0 Å². The molecule has 0 saturated carbocycles. The summed E-state index contributed by atoms with van der Waals surface area (Å²) in [4.78, 5) is 13.0. The highest BCUT2D eigenvalue weighted by Gasteiger charge is 2.17. The molecule has 0 aliphatic heterocycles. The first-order chi connectivity index (χ1) is 10.4. The minimum absolute atomic E-state index is 0.428. The Morgan fingerprint density at radius 2 is 1.09 bits per heavy atom. The van der Waals surface area contributed by atoms with Gasteiger partial charge in [-0.3, -0.25) is 0 Å². The molecule has 0 spiro atoms. The molecule has 0 fully saturated rings. The van der Waals surface area contributed by atoms with Crippen molar-refractivity contribution in [2.45, 2.75) is 39.5 Å². The molecule has 0 aliphatic rings. The smallest absolute Gasteiger partial charge is 0.416 e. The summed E-state index contributed by atoms with van der Waals surface area (Å²) >= 11 is 0. The van der Waals surface area contributed by atoms with Gasteiger partial charge in [0, 0.05) is 0 Å². The van der Waals surface area contributed by atoms with Crippen molar-refractivity contribution >= 4 is 17.5 Å². The van der Waals surface area contributed by atoms with E-state index in [4.69, 9.17) is 0 Å². The molecule has 0 aliphatic carbocycles. The van der Waals surface area contributed by atoms with Crippen molar-refractivity contribution in [3.05, 3.63) is 59.7 Å². The van der Waals surface area contributed by atoms with Crippen molar-refractivity contribution in [3.8, 4) is 0 Å². The first-order valence-corrected chi connectivity index (χ1v) is 7.63. The minimum Gasteiger partial charge on any atom is -0.464 e. The van der Waals surface area contributed by atoms with Gasteiger partial charge in [-0.15, -0.1) is 0 Å². The largest absolute Gasteiger partial charge is 0.464 e. The quantitative estimate of drug-likeness (QED) is 0.780. The van der Waals surface area contributed by atoms with Gasteiger partial charge in [0.1, 0.15) is 0 Å². The third-order valence-corrected chi connectivity index (χ3v) is 3.83. The molecule has 0 unspecified atom stereocenters. The van der Waals surface area contributed by atoms with Gasteiger partial charge in [0.2, 0.25) is 0 Å². The number of anilines is 2. The van der Waals surface area contributed by atoms with Crippen molar-refractivity contribution in [2.24, 2.45) is 0 Å². The van der Waals surface area contributed by atoms with E-state index >= 15 is 0 Å². The van der Waals surface area contributed by atoms with E-state index in [1.165, 1.54) is 16.0 Å². The number of rotatable bonds is 4. The monoisotopic (exact) mass is 297 g/mol. The summed E-state index contributed by atoms with van der Waals surface area (Å²) < 4.78 is 0. The van der Waals surface area contributed by atoms with E-state index in [-0.39, 0.29) is 0 Å². The Bertz CT molecular complexity index is 576. The second-order valence-corrected chi connectivity index (χ2v) is 6.11. The molecule has 2 rings (SSSR count). The van der Waals surface area contributed by atoms with Gasteiger partial charge in [-0.1, -0.05) is 52.0 Å². The molecular weight excluding hydrogens is 274 g/mol. The molecule has 3 heteroatoms. The van der Waals surface area contributed by atoms with Gasteiger partial charge in [0.05, 0.1) is 11.4 Å². The standard InChI is InChI=1S/C19H23NO2/c1-13(2)15-5-9-17(10-6-15)20(19(21)22)18-11-7-16(8-12-18)14(3)4/h5-14H,1-4H3,(H,21,22). The van der Waals surface area contributed by atoms with Gasteiger partial charge < -0.3 is 5.11 Å². The van der Waals surface area contributed by atoms with Crippen molar-refractivity contribution < 1.29 is 9.90 Å². The average molecular weight is 297 g/mol. The number of hydrogen-bond acceptors (Lipinski definition) is 1. The van der Waals surface area contributed by atoms with E-state index in [0.717, 1.165) is 0 Å². The van der Waals surface area contributed by atoms with Crippen LogP contribution in [0.5, 0.6) is 0 Å². The second-order valence-electron chi connectivity index (χ2n) is 6.11. The average Bonchev–Trinajstić information content (AvgIpc) is 2.48. The van der Waals surface area contributed by atoms with Crippen LogP contribution in [0.4, 0.5) is 16.2 Å². The second kappa shape index (κ2) is 6.65. The zero-order valence-electron chi connectivity index (χ0n) is 13.6. The fraction of sp³-hybridized carbons (Fsp3) is 0.316. The Morgan fingerprint density at radius 1 is 0.773 bits per heavy atom. The fourth-order valence-corrected chi connectivity index (χ4v) is 2.39. The normalized spacial score (nSPS) is 11.0. The number of nitrogens with zero attached hydrogens (tertiary/aromatic N) is 1. The predicted molar refractivity (Wildman–Crippen MR) is 91.2 cm³/mol. The Kier molecular flexibility index (Phi) is 4.86. The molecule has 116 valence electrons. The van der Waals surface area contributed by atoms with Crippen LogP contribution in [0, 0.1) is 0 Å². The SMILES string of the molecule is CC(C)c1ccc(N(C(=O)O)c2ccc(C(C)C)cc2)cc1. The number of carboxylic acid groups (broad SMARTS) is 1.